The molecule has 0 radical (unpaired) electrons. The lowest BCUT2D eigenvalue weighted by Gasteiger charge is -2.18. The minimum absolute atomic E-state index is 0.0622. The van der Waals surface area contributed by atoms with Gasteiger partial charge in [-0.2, -0.15) is 13.8 Å². The molecule has 13 heteroatoms. The van der Waals surface area contributed by atoms with E-state index in [0.717, 1.165) is 0 Å². The molecule has 4 N–H and O–H groups in total. The third-order valence-corrected chi connectivity index (χ3v) is 6.76. The van der Waals surface area contributed by atoms with Crippen LogP contribution < -0.4 is 19.9 Å². The number of hydrogen-bond acceptors (Lipinski definition) is 9. The van der Waals surface area contributed by atoms with Crippen LogP contribution in [0, 0.1) is 30.9 Å². The lowest BCUT2D eigenvalue weighted by atomic mass is 10.1. The number of carbonyl (C=O) groups excluding carboxylic acids is 1. The average Bonchev–Trinajstić information content (AvgIpc) is 3.45. The normalized spacial score (nSPS) is 10.8. The first kappa shape index (κ1) is 31.4. The number of aromatic hydroxyl groups is 1. The molecule has 2 aromatic heterocycles. The summed E-state index contributed by atoms with van der Waals surface area (Å²) in [5.41, 5.74) is 7.39. The molecule has 5 aromatic rings. The minimum atomic E-state index is -1.35. The van der Waals surface area contributed by atoms with E-state index in [1.807, 2.05) is 7.05 Å². The molecule has 0 aliphatic rings. The maximum atomic E-state index is 16.1. The van der Waals surface area contributed by atoms with Crippen molar-refractivity contribution in [3.63, 3.8) is 0 Å². The number of phenols is 1. The highest BCUT2D eigenvalue weighted by molar-refractivity contribution is 5.95. The summed E-state index contributed by atoms with van der Waals surface area (Å²) in [4.78, 5) is 20.6. The molecule has 0 aliphatic heterocycles. The van der Waals surface area contributed by atoms with Crippen molar-refractivity contribution >= 4 is 11.8 Å². The number of phenolic OH excluding ortho intramolecular Hbond substituents is 1. The van der Waals surface area contributed by atoms with Crippen molar-refractivity contribution in [2.24, 2.45) is 12.8 Å². The molecular formula is C33H29F2N5O6. The number of halogens is 2. The largest absolute Gasteiger partial charge is 0.504 e. The maximum Gasteiger partial charge on any atom is 0.338 e. The van der Waals surface area contributed by atoms with E-state index in [1.165, 1.54) is 30.3 Å². The van der Waals surface area contributed by atoms with Crippen LogP contribution in [-0.4, -0.2) is 38.1 Å². The molecule has 0 aliphatic carbocycles. The Labute approximate surface area is 262 Å². The summed E-state index contributed by atoms with van der Waals surface area (Å²) in [5.74, 6) is -5.89. The summed E-state index contributed by atoms with van der Waals surface area (Å²) in [6.07, 6.45) is 3.38. The summed E-state index contributed by atoms with van der Waals surface area (Å²) in [6, 6.07) is 13.3. The predicted octanol–water partition coefficient (Wildman–Crippen LogP) is 6.92. The fraction of sp³-hybridized carbons (Fsp3) is 0.152. The number of nitrogens with zero attached hydrogens (tertiary/aromatic N) is 3. The van der Waals surface area contributed by atoms with Gasteiger partial charge in [-0.05, 0) is 74.4 Å². The molecule has 0 amide bonds. The number of amidine groups is 1. The molecule has 2 heterocycles. The van der Waals surface area contributed by atoms with Gasteiger partial charge in [-0.3, -0.25) is 5.41 Å². The van der Waals surface area contributed by atoms with Gasteiger partial charge in [0.15, 0.2) is 11.5 Å². The van der Waals surface area contributed by atoms with Crippen LogP contribution >= 0.6 is 0 Å². The van der Waals surface area contributed by atoms with Crippen molar-refractivity contribution < 1.29 is 37.6 Å². The van der Waals surface area contributed by atoms with Gasteiger partial charge in [0.2, 0.25) is 17.4 Å². The highest BCUT2D eigenvalue weighted by Crippen LogP contribution is 2.42. The molecular weight excluding hydrogens is 600 g/mol. The Bertz CT molecular complexity index is 1950. The van der Waals surface area contributed by atoms with Gasteiger partial charge in [-0.15, -0.1) is 0 Å². The van der Waals surface area contributed by atoms with E-state index in [9.17, 15) is 9.90 Å². The van der Waals surface area contributed by atoms with E-state index in [-0.39, 0.29) is 40.8 Å². The number of pyridine rings is 1. The van der Waals surface area contributed by atoms with Crippen LogP contribution in [-0.2, 0) is 11.8 Å². The summed E-state index contributed by atoms with van der Waals surface area (Å²) < 4.78 is 56.2. The fourth-order valence-corrected chi connectivity index (χ4v) is 4.57. The zero-order chi connectivity index (χ0) is 33.1. The van der Waals surface area contributed by atoms with Crippen LogP contribution in [0.15, 0.2) is 67.0 Å². The third-order valence-electron chi connectivity index (χ3n) is 6.76. The number of nitrogens with two attached hydrogens (primary N) is 1. The lowest BCUT2D eigenvalue weighted by molar-refractivity contribution is 0.0526. The first-order valence-electron chi connectivity index (χ1n) is 13.9. The zero-order valence-electron chi connectivity index (χ0n) is 25.2. The quantitative estimate of drug-likeness (QED) is 0.0848. The minimum Gasteiger partial charge on any atom is -0.504 e. The Morgan fingerprint density at radius 3 is 2.28 bits per heavy atom. The number of ether oxygens (including phenoxy) is 4. The highest BCUT2D eigenvalue weighted by Gasteiger charge is 2.28. The Balaban J connectivity index is 1.61. The van der Waals surface area contributed by atoms with Crippen molar-refractivity contribution in [2.45, 2.75) is 20.8 Å². The van der Waals surface area contributed by atoms with E-state index in [2.05, 4.69) is 9.97 Å². The Morgan fingerprint density at radius 1 is 0.957 bits per heavy atom. The second kappa shape index (κ2) is 12.9. The standard InChI is InChI=1S/C33H29F2N5O6/c1-5-43-33(42)21-13-17(2)27(18(3)14-21)46-28-25(34)31(44-22-8-6-7-20(15-22)30-38-11-12-40(30)4)39-32(26(28)35)45-24-16-19(29(36)37)9-10-23(24)41/h6-16,41H,5H2,1-4H3,(H3,36,37). The molecule has 11 nitrogen and oxygen atoms in total. The van der Waals surface area contributed by atoms with E-state index in [1.54, 1.807) is 62.0 Å². The van der Waals surface area contributed by atoms with Crippen molar-refractivity contribution in [1.29, 1.82) is 5.41 Å². The molecule has 0 saturated heterocycles. The third kappa shape index (κ3) is 6.43. The van der Waals surface area contributed by atoms with Crippen LogP contribution in [0.5, 0.6) is 40.5 Å². The number of nitrogens with one attached hydrogen (secondary N) is 1. The average molecular weight is 630 g/mol. The predicted molar refractivity (Wildman–Crippen MR) is 164 cm³/mol. The van der Waals surface area contributed by atoms with Crippen molar-refractivity contribution in [2.75, 3.05) is 6.61 Å². The molecule has 0 unspecified atom stereocenters. The van der Waals surface area contributed by atoms with Gasteiger partial charge in [0.05, 0.1) is 12.2 Å². The van der Waals surface area contributed by atoms with Gasteiger partial charge in [-0.1, -0.05) is 12.1 Å². The molecule has 0 spiro atoms. The highest BCUT2D eigenvalue weighted by atomic mass is 19.1. The van der Waals surface area contributed by atoms with E-state index in [0.29, 0.717) is 22.5 Å². The van der Waals surface area contributed by atoms with E-state index in [4.69, 9.17) is 30.1 Å². The molecule has 5 rings (SSSR count). The fourth-order valence-electron chi connectivity index (χ4n) is 4.57. The van der Waals surface area contributed by atoms with Gasteiger partial charge in [-0.25, -0.2) is 9.78 Å². The van der Waals surface area contributed by atoms with Crippen LogP contribution in [0.3, 0.4) is 0 Å². The van der Waals surface area contributed by atoms with Crippen LogP contribution in [0.1, 0.15) is 34.0 Å². The molecule has 46 heavy (non-hydrogen) atoms. The number of hydrogen-bond donors (Lipinski definition) is 3. The van der Waals surface area contributed by atoms with Crippen molar-refractivity contribution in [1.82, 2.24) is 14.5 Å². The number of nitrogen functional groups attached to an aromatic ring is 1. The summed E-state index contributed by atoms with van der Waals surface area (Å²) in [7, 11) is 1.81. The number of carbonyl (C=O) groups is 1. The van der Waals surface area contributed by atoms with Gasteiger partial charge in [0, 0.05) is 30.6 Å². The maximum absolute atomic E-state index is 16.1. The van der Waals surface area contributed by atoms with Gasteiger partial charge >= 0.3 is 5.97 Å². The molecule has 236 valence electrons. The van der Waals surface area contributed by atoms with E-state index < -0.39 is 40.9 Å². The Hall–Kier alpha value is -5.98. The number of esters is 1. The SMILES string of the molecule is CCOC(=O)c1cc(C)c(Oc2c(F)c(Oc3cccc(-c4nccn4C)c3)nc(Oc3cc(C(=N)N)ccc3O)c2F)c(C)c1. The molecule has 0 saturated carbocycles. The second-order valence-corrected chi connectivity index (χ2v) is 10.1. The number of aryl methyl sites for hydroxylation is 3. The number of aromatic nitrogens is 3. The number of benzene rings is 3. The van der Waals surface area contributed by atoms with Gasteiger partial charge < -0.3 is 34.4 Å². The van der Waals surface area contributed by atoms with Crippen molar-refractivity contribution in [3.8, 4) is 51.9 Å². The summed E-state index contributed by atoms with van der Waals surface area (Å²) >= 11 is 0. The topological polar surface area (TPSA) is 155 Å². The monoisotopic (exact) mass is 629 g/mol. The zero-order valence-corrected chi connectivity index (χ0v) is 25.2. The Kier molecular flexibility index (Phi) is 8.85. The van der Waals surface area contributed by atoms with Crippen LogP contribution in [0.25, 0.3) is 11.4 Å². The lowest BCUT2D eigenvalue weighted by Crippen LogP contribution is -2.11. The van der Waals surface area contributed by atoms with Gasteiger partial charge in [0.1, 0.15) is 23.2 Å². The number of rotatable bonds is 10. The smallest absolute Gasteiger partial charge is 0.338 e. The Morgan fingerprint density at radius 2 is 1.65 bits per heavy atom. The summed E-state index contributed by atoms with van der Waals surface area (Å²) in [5, 5.41) is 18.1. The molecule has 3 aromatic carbocycles. The summed E-state index contributed by atoms with van der Waals surface area (Å²) in [6.45, 7) is 5.05. The van der Waals surface area contributed by atoms with Gasteiger partial charge in [0.25, 0.3) is 11.8 Å². The van der Waals surface area contributed by atoms with Crippen molar-refractivity contribution in [3.05, 3.63) is 101 Å². The first-order valence-corrected chi connectivity index (χ1v) is 13.9. The molecule has 0 bridgehead atoms. The molecule has 0 fully saturated rings. The van der Waals surface area contributed by atoms with Crippen LogP contribution in [0.4, 0.5) is 8.78 Å². The molecule has 0 atom stereocenters. The number of imidazole rings is 1. The van der Waals surface area contributed by atoms with Crippen LogP contribution in [0.2, 0.25) is 0 Å². The second-order valence-electron chi connectivity index (χ2n) is 10.1. The first-order chi connectivity index (χ1) is 22.0. The van der Waals surface area contributed by atoms with E-state index >= 15 is 8.78 Å².